The molecule has 0 unspecified atom stereocenters. The molecule has 1 rings (SSSR count). The SMILES string of the molecule is CCCCCCCOCCOCCOCCOCCOCCOCCOCCOc1ccc([N+](=O)[O-])cc1. The number of ether oxygens (including phenoxy) is 8. The summed E-state index contributed by atoms with van der Waals surface area (Å²) in [5.74, 6) is 0.564. The fraction of sp³-hybridized carbons (Fsp3) is 0.778. The molecule has 0 saturated carbocycles. The highest BCUT2D eigenvalue weighted by Crippen LogP contribution is 2.17. The molecule has 0 heterocycles. The monoisotopic (exact) mass is 545 g/mol. The molecule has 1 aromatic carbocycles. The van der Waals surface area contributed by atoms with Crippen LogP contribution in [0.3, 0.4) is 0 Å². The Morgan fingerprint density at radius 2 is 0.895 bits per heavy atom. The minimum absolute atomic E-state index is 0.0322. The lowest BCUT2D eigenvalue weighted by Gasteiger charge is -2.09. The van der Waals surface area contributed by atoms with Gasteiger partial charge in [0.05, 0.1) is 90.8 Å². The molecule has 0 aliphatic carbocycles. The smallest absolute Gasteiger partial charge is 0.269 e. The van der Waals surface area contributed by atoms with Gasteiger partial charge in [-0.2, -0.15) is 0 Å². The fourth-order valence-electron chi connectivity index (χ4n) is 3.11. The van der Waals surface area contributed by atoms with Crippen molar-refractivity contribution in [2.24, 2.45) is 0 Å². The Hall–Kier alpha value is -1.86. The maximum absolute atomic E-state index is 10.6. The Morgan fingerprint density at radius 3 is 1.29 bits per heavy atom. The zero-order chi connectivity index (χ0) is 27.4. The molecular weight excluding hydrogens is 498 g/mol. The number of non-ortho nitro benzene ring substituents is 1. The molecule has 0 aromatic heterocycles. The van der Waals surface area contributed by atoms with Gasteiger partial charge < -0.3 is 37.9 Å². The third-order valence-electron chi connectivity index (χ3n) is 5.17. The van der Waals surface area contributed by atoms with Gasteiger partial charge >= 0.3 is 0 Å². The third-order valence-corrected chi connectivity index (χ3v) is 5.17. The topological polar surface area (TPSA) is 117 Å². The minimum Gasteiger partial charge on any atom is -0.491 e. The number of nitro benzene ring substituents is 1. The van der Waals surface area contributed by atoms with Gasteiger partial charge in [0.25, 0.3) is 5.69 Å². The van der Waals surface area contributed by atoms with Crippen molar-refractivity contribution in [2.45, 2.75) is 39.0 Å². The Morgan fingerprint density at radius 1 is 0.526 bits per heavy atom. The van der Waals surface area contributed by atoms with Gasteiger partial charge in [0, 0.05) is 18.7 Å². The van der Waals surface area contributed by atoms with Crippen molar-refractivity contribution in [2.75, 3.05) is 99.1 Å². The number of unbranched alkanes of at least 4 members (excludes halogenated alkanes) is 4. The van der Waals surface area contributed by atoms with E-state index in [0.717, 1.165) is 13.0 Å². The van der Waals surface area contributed by atoms with Gasteiger partial charge in [-0.15, -0.1) is 0 Å². The number of benzene rings is 1. The Bertz CT molecular complexity index is 647. The van der Waals surface area contributed by atoms with Crippen LogP contribution in [-0.2, 0) is 33.2 Å². The van der Waals surface area contributed by atoms with Crippen LogP contribution in [0.2, 0.25) is 0 Å². The van der Waals surface area contributed by atoms with E-state index in [1.807, 2.05) is 0 Å². The Balaban J connectivity index is 1.68. The number of nitrogens with zero attached hydrogens (tertiary/aromatic N) is 1. The fourth-order valence-corrected chi connectivity index (χ4v) is 3.11. The molecule has 11 nitrogen and oxygen atoms in total. The lowest BCUT2D eigenvalue weighted by Crippen LogP contribution is -2.15. The van der Waals surface area contributed by atoms with E-state index in [0.29, 0.717) is 98.2 Å². The van der Waals surface area contributed by atoms with Crippen LogP contribution < -0.4 is 4.74 Å². The van der Waals surface area contributed by atoms with E-state index in [1.165, 1.54) is 37.8 Å². The summed E-state index contributed by atoms with van der Waals surface area (Å²) in [6.07, 6.45) is 6.25. The predicted octanol–water partition coefficient (Wildman–Crippen LogP) is 4.06. The molecule has 0 saturated heterocycles. The molecule has 0 aliphatic rings. The largest absolute Gasteiger partial charge is 0.491 e. The quantitative estimate of drug-likeness (QED) is 0.0829. The highest BCUT2D eigenvalue weighted by molar-refractivity contribution is 5.35. The molecule has 11 heteroatoms. The summed E-state index contributed by atoms with van der Waals surface area (Å²) >= 11 is 0. The average Bonchev–Trinajstić information content (AvgIpc) is 2.93. The minimum atomic E-state index is -0.448. The summed E-state index contributed by atoms with van der Waals surface area (Å²) in [5, 5.41) is 10.6. The molecule has 220 valence electrons. The van der Waals surface area contributed by atoms with Gasteiger partial charge in [0.2, 0.25) is 0 Å². The molecule has 0 N–H and O–H groups in total. The van der Waals surface area contributed by atoms with Crippen LogP contribution in [0.5, 0.6) is 5.75 Å². The number of hydrogen-bond acceptors (Lipinski definition) is 10. The van der Waals surface area contributed by atoms with Gasteiger partial charge in [-0.05, 0) is 18.6 Å². The molecule has 0 amide bonds. The molecule has 0 bridgehead atoms. The van der Waals surface area contributed by atoms with Crippen molar-refractivity contribution in [3.8, 4) is 5.75 Å². The molecule has 1 aromatic rings. The molecule has 0 radical (unpaired) electrons. The van der Waals surface area contributed by atoms with Gasteiger partial charge in [0.1, 0.15) is 12.4 Å². The normalized spacial score (nSPS) is 11.2. The second-order valence-corrected chi connectivity index (χ2v) is 8.30. The maximum atomic E-state index is 10.6. The predicted molar refractivity (Wildman–Crippen MR) is 143 cm³/mol. The molecule has 0 atom stereocenters. The van der Waals surface area contributed by atoms with E-state index in [1.54, 1.807) is 12.1 Å². The summed E-state index contributed by atoms with van der Waals surface area (Å²) in [6, 6.07) is 5.93. The van der Waals surface area contributed by atoms with E-state index in [2.05, 4.69) is 6.92 Å². The van der Waals surface area contributed by atoms with E-state index >= 15 is 0 Å². The zero-order valence-electron chi connectivity index (χ0n) is 23.0. The van der Waals surface area contributed by atoms with Crippen LogP contribution in [0.15, 0.2) is 24.3 Å². The van der Waals surface area contributed by atoms with Crippen LogP contribution in [0, 0.1) is 10.1 Å². The first-order chi connectivity index (χ1) is 18.7. The van der Waals surface area contributed by atoms with Crippen molar-refractivity contribution in [3.63, 3.8) is 0 Å². The Kier molecular flexibility index (Phi) is 24.0. The van der Waals surface area contributed by atoms with Gasteiger partial charge in [-0.25, -0.2) is 0 Å². The second kappa shape index (κ2) is 26.7. The maximum Gasteiger partial charge on any atom is 0.269 e. The summed E-state index contributed by atoms with van der Waals surface area (Å²) in [7, 11) is 0. The van der Waals surface area contributed by atoms with E-state index in [4.69, 9.17) is 37.9 Å². The lowest BCUT2D eigenvalue weighted by atomic mass is 10.2. The van der Waals surface area contributed by atoms with Crippen LogP contribution in [0.1, 0.15) is 39.0 Å². The average molecular weight is 546 g/mol. The Labute approximate surface area is 227 Å². The molecule has 38 heavy (non-hydrogen) atoms. The number of rotatable bonds is 29. The van der Waals surface area contributed by atoms with E-state index in [-0.39, 0.29) is 5.69 Å². The van der Waals surface area contributed by atoms with Crippen LogP contribution in [-0.4, -0.2) is 104 Å². The van der Waals surface area contributed by atoms with E-state index in [9.17, 15) is 10.1 Å². The highest BCUT2D eigenvalue weighted by Gasteiger charge is 2.04. The van der Waals surface area contributed by atoms with Gasteiger partial charge in [-0.1, -0.05) is 32.6 Å². The third kappa shape index (κ3) is 22.2. The van der Waals surface area contributed by atoms with Crippen molar-refractivity contribution < 1.29 is 42.8 Å². The first-order valence-corrected chi connectivity index (χ1v) is 13.7. The first kappa shape index (κ1) is 34.2. The molecular formula is C27H47NO10. The van der Waals surface area contributed by atoms with Crippen molar-refractivity contribution >= 4 is 5.69 Å². The van der Waals surface area contributed by atoms with Gasteiger partial charge in [0.15, 0.2) is 0 Å². The number of nitro groups is 1. The standard InChI is InChI=1S/C27H47NO10/c1-2-3-4-5-6-11-31-12-13-32-14-15-33-16-17-34-18-19-35-20-21-36-22-23-37-24-25-38-27-9-7-26(8-10-27)28(29)30/h7-10H,2-6,11-25H2,1H3. The van der Waals surface area contributed by atoms with Gasteiger partial charge in [-0.3, -0.25) is 10.1 Å². The molecule has 0 aliphatic heterocycles. The summed E-state index contributed by atoms with van der Waals surface area (Å²) in [5.41, 5.74) is 0.0322. The van der Waals surface area contributed by atoms with Crippen molar-refractivity contribution in [1.29, 1.82) is 0 Å². The zero-order valence-corrected chi connectivity index (χ0v) is 23.0. The lowest BCUT2D eigenvalue weighted by molar-refractivity contribution is -0.384. The summed E-state index contributed by atoms with van der Waals surface area (Å²) in [6.45, 7) is 10.1. The highest BCUT2D eigenvalue weighted by atomic mass is 16.6. The van der Waals surface area contributed by atoms with Crippen LogP contribution in [0.25, 0.3) is 0 Å². The first-order valence-electron chi connectivity index (χ1n) is 13.7. The summed E-state index contributed by atoms with van der Waals surface area (Å²) < 4.78 is 43.7. The van der Waals surface area contributed by atoms with Crippen LogP contribution >= 0.6 is 0 Å². The van der Waals surface area contributed by atoms with E-state index < -0.39 is 4.92 Å². The number of hydrogen-bond donors (Lipinski definition) is 0. The molecule has 0 fully saturated rings. The second-order valence-electron chi connectivity index (χ2n) is 8.30. The van der Waals surface area contributed by atoms with Crippen molar-refractivity contribution in [3.05, 3.63) is 34.4 Å². The van der Waals surface area contributed by atoms with Crippen molar-refractivity contribution in [1.82, 2.24) is 0 Å². The molecule has 0 spiro atoms. The summed E-state index contributed by atoms with van der Waals surface area (Å²) in [4.78, 5) is 10.2. The van der Waals surface area contributed by atoms with Crippen LogP contribution in [0.4, 0.5) is 5.69 Å².